The molecule has 5 nitrogen and oxygen atoms in total. The van der Waals surface area contributed by atoms with E-state index in [-0.39, 0.29) is 11.3 Å². The predicted octanol–water partition coefficient (Wildman–Crippen LogP) is 1.25. The van der Waals surface area contributed by atoms with E-state index in [2.05, 4.69) is 4.98 Å². The fraction of sp³-hybridized carbons (Fsp3) is 0.182. The first-order valence-electron chi connectivity index (χ1n) is 5.00. The van der Waals surface area contributed by atoms with E-state index in [9.17, 15) is 9.59 Å². The van der Waals surface area contributed by atoms with Gasteiger partial charge < -0.3 is 9.67 Å². The van der Waals surface area contributed by atoms with Crippen LogP contribution in [0.3, 0.4) is 0 Å². The molecule has 0 aliphatic heterocycles. The second-order valence-corrected chi connectivity index (χ2v) is 4.36. The zero-order valence-corrected chi connectivity index (χ0v) is 9.68. The van der Waals surface area contributed by atoms with Crippen LogP contribution < -0.4 is 5.56 Å². The summed E-state index contributed by atoms with van der Waals surface area (Å²) in [5.74, 6) is -1.02. The molecule has 0 atom stereocenters. The maximum Gasteiger partial charge on any atom is 0.355 e. The van der Waals surface area contributed by atoms with Crippen molar-refractivity contribution in [1.29, 1.82) is 0 Å². The number of hydrogen-bond donors (Lipinski definition) is 1. The van der Waals surface area contributed by atoms with E-state index in [0.29, 0.717) is 13.0 Å². The molecule has 0 aliphatic carbocycles. The molecule has 2 aromatic heterocycles. The molecule has 2 rings (SSSR count). The summed E-state index contributed by atoms with van der Waals surface area (Å²) in [4.78, 5) is 26.0. The Morgan fingerprint density at radius 2 is 2.29 bits per heavy atom. The minimum Gasteiger partial charge on any atom is -0.476 e. The summed E-state index contributed by atoms with van der Waals surface area (Å²) in [6.07, 6.45) is 2.26. The molecule has 0 radical (unpaired) electrons. The van der Waals surface area contributed by atoms with Crippen molar-refractivity contribution >= 4 is 17.3 Å². The second-order valence-electron chi connectivity index (χ2n) is 3.41. The second kappa shape index (κ2) is 4.92. The number of aryl methyl sites for hydroxylation is 2. The molecule has 1 N–H and O–H groups in total. The Balaban J connectivity index is 2.05. The molecule has 0 amide bonds. The van der Waals surface area contributed by atoms with Gasteiger partial charge in [-0.3, -0.25) is 4.79 Å². The lowest BCUT2D eigenvalue weighted by molar-refractivity contribution is 0.0691. The number of aromatic carboxylic acids is 1. The highest BCUT2D eigenvalue weighted by molar-refractivity contribution is 7.09. The van der Waals surface area contributed by atoms with Gasteiger partial charge in [-0.2, -0.15) is 0 Å². The van der Waals surface area contributed by atoms with Crippen molar-refractivity contribution in [2.75, 3.05) is 0 Å². The van der Waals surface area contributed by atoms with E-state index >= 15 is 0 Å². The van der Waals surface area contributed by atoms with Gasteiger partial charge in [0.1, 0.15) is 0 Å². The van der Waals surface area contributed by atoms with Crippen LogP contribution in [0.5, 0.6) is 0 Å². The van der Waals surface area contributed by atoms with Gasteiger partial charge in [-0.25, -0.2) is 9.78 Å². The molecule has 2 aromatic rings. The number of rotatable bonds is 4. The number of carbonyl (C=O) groups is 1. The molecule has 2 heterocycles. The number of carboxylic acid groups (broad SMARTS) is 1. The molecule has 88 valence electrons. The molecule has 6 heteroatoms. The number of aromatic nitrogens is 2. The third kappa shape index (κ3) is 2.79. The summed E-state index contributed by atoms with van der Waals surface area (Å²) in [5.41, 5.74) is -0.00655. The highest BCUT2D eigenvalue weighted by Crippen LogP contribution is 2.10. The van der Waals surface area contributed by atoms with Crippen LogP contribution in [-0.2, 0) is 13.0 Å². The lowest BCUT2D eigenvalue weighted by Crippen LogP contribution is -2.18. The van der Waals surface area contributed by atoms with Crippen molar-refractivity contribution in [1.82, 2.24) is 9.55 Å². The molecular formula is C11H10N2O3S. The minimum absolute atomic E-state index is 0.0606. The van der Waals surface area contributed by atoms with Crippen LogP contribution in [-0.4, -0.2) is 20.6 Å². The van der Waals surface area contributed by atoms with Gasteiger partial charge >= 0.3 is 5.97 Å². The molecule has 0 unspecified atom stereocenters. The highest BCUT2D eigenvalue weighted by Gasteiger charge is 2.08. The lowest BCUT2D eigenvalue weighted by atomic mass is 10.4. The molecular weight excluding hydrogens is 240 g/mol. The van der Waals surface area contributed by atoms with Crippen LogP contribution >= 0.6 is 11.3 Å². The molecule has 0 bridgehead atoms. The molecule has 0 spiro atoms. The van der Waals surface area contributed by atoms with Gasteiger partial charge in [0, 0.05) is 30.6 Å². The minimum atomic E-state index is -1.02. The predicted molar refractivity (Wildman–Crippen MR) is 63.5 cm³/mol. The highest BCUT2D eigenvalue weighted by atomic mass is 32.1. The maximum atomic E-state index is 11.4. The number of pyridine rings is 1. The van der Waals surface area contributed by atoms with Crippen LogP contribution in [0, 0.1) is 0 Å². The quantitative estimate of drug-likeness (QED) is 0.886. The standard InChI is InChI=1S/C11H10N2O3S/c14-10-3-1-2-5-13(10)6-4-9-12-8(7-17-9)11(15)16/h1-3,5,7H,4,6H2,(H,15,16). The van der Waals surface area contributed by atoms with E-state index in [4.69, 9.17) is 5.11 Å². The van der Waals surface area contributed by atoms with Crippen molar-refractivity contribution in [3.63, 3.8) is 0 Å². The van der Waals surface area contributed by atoms with E-state index in [1.807, 2.05) is 0 Å². The van der Waals surface area contributed by atoms with Crippen molar-refractivity contribution in [3.05, 3.63) is 50.8 Å². The van der Waals surface area contributed by atoms with Crippen LogP contribution in [0.4, 0.5) is 0 Å². The Hall–Kier alpha value is -1.95. The Morgan fingerprint density at radius 1 is 1.47 bits per heavy atom. The number of hydrogen-bond acceptors (Lipinski definition) is 4. The molecule has 17 heavy (non-hydrogen) atoms. The summed E-state index contributed by atoms with van der Waals surface area (Å²) in [5, 5.41) is 10.9. The van der Waals surface area contributed by atoms with Gasteiger partial charge in [-0.15, -0.1) is 11.3 Å². The first-order valence-corrected chi connectivity index (χ1v) is 5.88. The number of nitrogens with zero attached hydrogens (tertiary/aromatic N) is 2. The maximum absolute atomic E-state index is 11.4. The fourth-order valence-electron chi connectivity index (χ4n) is 1.39. The van der Waals surface area contributed by atoms with E-state index in [1.54, 1.807) is 22.9 Å². The third-order valence-corrected chi connectivity index (χ3v) is 3.15. The van der Waals surface area contributed by atoms with Gasteiger partial charge in [0.25, 0.3) is 5.56 Å². The molecule has 0 aromatic carbocycles. The van der Waals surface area contributed by atoms with E-state index in [0.717, 1.165) is 5.01 Å². The summed E-state index contributed by atoms with van der Waals surface area (Å²) >= 11 is 1.30. The average molecular weight is 250 g/mol. The first-order chi connectivity index (χ1) is 8.16. The van der Waals surface area contributed by atoms with Crippen molar-refractivity contribution in [3.8, 4) is 0 Å². The summed E-state index contributed by atoms with van der Waals surface area (Å²) in [6, 6.07) is 4.96. The Bertz CT molecular complexity index is 588. The van der Waals surface area contributed by atoms with Gasteiger partial charge in [-0.05, 0) is 6.07 Å². The summed E-state index contributed by atoms with van der Waals surface area (Å²) in [6.45, 7) is 0.506. The van der Waals surface area contributed by atoms with Crippen molar-refractivity contribution in [2.24, 2.45) is 0 Å². The van der Waals surface area contributed by atoms with Crippen LogP contribution in [0.2, 0.25) is 0 Å². The molecule has 0 saturated carbocycles. The largest absolute Gasteiger partial charge is 0.476 e. The smallest absolute Gasteiger partial charge is 0.355 e. The summed E-state index contributed by atoms with van der Waals surface area (Å²) < 4.78 is 1.57. The summed E-state index contributed by atoms with van der Waals surface area (Å²) in [7, 11) is 0. The monoisotopic (exact) mass is 250 g/mol. The zero-order chi connectivity index (χ0) is 12.3. The zero-order valence-electron chi connectivity index (χ0n) is 8.87. The van der Waals surface area contributed by atoms with Crippen LogP contribution in [0.25, 0.3) is 0 Å². The molecule has 0 fully saturated rings. The molecule has 0 aliphatic rings. The van der Waals surface area contributed by atoms with Crippen LogP contribution in [0.1, 0.15) is 15.5 Å². The third-order valence-electron chi connectivity index (χ3n) is 2.24. The Labute approximate surface area is 101 Å². The van der Waals surface area contributed by atoms with E-state index < -0.39 is 5.97 Å². The average Bonchev–Trinajstić information content (AvgIpc) is 2.77. The SMILES string of the molecule is O=C(O)c1csc(CCn2ccccc2=O)n1. The van der Waals surface area contributed by atoms with E-state index in [1.165, 1.54) is 22.8 Å². The van der Waals surface area contributed by atoms with Crippen molar-refractivity contribution < 1.29 is 9.90 Å². The van der Waals surface area contributed by atoms with Gasteiger partial charge in [0.05, 0.1) is 5.01 Å². The fourth-order valence-corrected chi connectivity index (χ4v) is 2.15. The Morgan fingerprint density at radius 3 is 2.94 bits per heavy atom. The number of carboxylic acids is 1. The Kier molecular flexibility index (Phi) is 3.34. The van der Waals surface area contributed by atoms with Crippen LogP contribution in [0.15, 0.2) is 34.6 Å². The normalized spacial score (nSPS) is 10.4. The topological polar surface area (TPSA) is 72.2 Å². The number of thiazole rings is 1. The van der Waals surface area contributed by atoms with Crippen molar-refractivity contribution in [2.45, 2.75) is 13.0 Å². The first kappa shape index (κ1) is 11.5. The molecule has 0 saturated heterocycles. The van der Waals surface area contributed by atoms with Gasteiger partial charge in [0.15, 0.2) is 5.69 Å². The van der Waals surface area contributed by atoms with Gasteiger partial charge in [-0.1, -0.05) is 6.07 Å². The van der Waals surface area contributed by atoms with Gasteiger partial charge in [0.2, 0.25) is 0 Å². The lowest BCUT2D eigenvalue weighted by Gasteiger charge is -2.01.